The van der Waals surface area contributed by atoms with Crippen LogP contribution in [-0.2, 0) is 0 Å². The van der Waals surface area contributed by atoms with Crippen molar-refractivity contribution in [2.45, 2.75) is 0 Å². The van der Waals surface area contributed by atoms with Crippen molar-refractivity contribution in [3.63, 3.8) is 0 Å². The maximum atomic E-state index is 5.13. The predicted octanol–water partition coefficient (Wildman–Crippen LogP) is 7.10. The number of nitrogens with zero attached hydrogens (tertiary/aromatic N) is 5. The van der Waals surface area contributed by atoms with E-state index in [2.05, 4.69) is 75.1 Å². The van der Waals surface area contributed by atoms with Crippen LogP contribution in [0.4, 0.5) is 0 Å². The highest BCUT2D eigenvalue weighted by molar-refractivity contribution is 9.10. The van der Waals surface area contributed by atoms with Crippen LogP contribution < -0.4 is 0 Å². The number of para-hydroxylation sites is 1. The second-order valence-corrected chi connectivity index (χ2v) is 8.85. The van der Waals surface area contributed by atoms with E-state index in [4.69, 9.17) is 19.9 Å². The standard InChI is InChI=1S/C28H16BrN5/c29-28-32-24(17-7-2-1-3-8-17)21-14-12-18-13-15-23(31-25(18)26(21)33-28)34-22-11-5-4-9-19(22)20-10-6-16-30-27(20)34/h1-16H. The maximum absolute atomic E-state index is 5.13. The number of benzene rings is 3. The second kappa shape index (κ2) is 7.43. The highest BCUT2D eigenvalue weighted by Gasteiger charge is 2.16. The Morgan fingerprint density at radius 3 is 2.32 bits per heavy atom. The summed E-state index contributed by atoms with van der Waals surface area (Å²) in [5.74, 6) is 0.806. The molecule has 160 valence electrons. The Labute approximate surface area is 202 Å². The summed E-state index contributed by atoms with van der Waals surface area (Å²) >= 11 is 3.52. The van der Waals surface area contributed by atoms with Gasteiger partial charge in [-0.25, -0.2) is 19.9 Å². The van der Waals surface area contributed by atoms with Crippen LogP contribution in [0.2, 0.25) is 0 Å². The lowest BCUT2D eigenvalue weighted by atomic mass is 10.0. The molecule has 4 aromatic heterocycles. The van der Waals surface area contributed by atoms with Gasteiger partial charge in [0.25, 0.3) is 0 Å². The Hall–Kier alpha value is -4.16. The monoisotopic (exact) mass is 501 g/mol. The third-order valence-corrected chi connectivity index (χ3v) is 6.55. The van der Waals surface area contributed by atoms with Gasteiger partial charge >= 0.3 is 0 Å². The van der Waals surface area contributed by atoms with Gasteiger partial charge in [0.15, 0.2) is 4.73 Å². The van der Waals surface area contributed by atoms with E-state index in [0.29, 0.717) is 4.73 Å². The predicted molar refractivity (Wildman–Crippen MR) is 140 cm³/mol. The number of fused-ring (bicyclic) bond motifs is 6. The number of halogens is 1. The zero-order valence-electron chi connectivity index (χ0n) is 17.9. The molecule has 0 spiro atoms. The summed E-state index contributed by atoms with van der Waals surface area (Å²) in [5, 5.41) is 4.25. The minimum Gasteiger partial charge on any atom is -0.278 e. The summed E-state index contributed by atoms with van der Waals surface area (Å²) < 4.78 is 2.66. The molecule has 5 nitrogen and oxygen atoms in total. The van der Waals surface area contributed by atoms with Gasteiger partial charge in [-0.1, -0.05) is 54.6 Å². The smallest absolute Gasteiger partial charge is 0.197 e. The largest absolute Gasteiger partial charge is 0.278 e. The lowest BCUT2D eigenvalue weighted by Crippen LogP contribution is -2.00. The average molecular weight is 502 g/mol. The molecule has 4 heterocycles. The summed E-state index contributed by atoms with van der Waals surface area (Å²) in [6.07, 6.45) is 1.82. The van der Waals surface area contributed by atoms with Crippen molar-refractivity contribution < 1.29 is 0 Å². The Morgan fingerprint density at radius 1 is 0.618 bits per heavy atom. The summed E-state index contributed by atoms with van der Waals surface area (Å²) in [4.78, 5) is 19.3. The molecule has 0 aliphatic rings. The summed E-state index contributed by atoms with van der Waals surface area (Å²) in [5.41, 5.74) is 5.52. The highest BCUT2D eigenvalue weighted by Crippen LogP contribution is 2.34. The summed E-state index contributed by atoms with van der Waals surface area (Å²) in [6, 6.07) is 30.9. The Bertz CT molecular complexity index is 1820. The fourth-order valence-electron chi connectivity index (χ4n) is 4.71. The first-order valence-corrected chi connectivity index (χ1v) is 11.7. The van der Waals surface area contributed by atoms with Crippen LogP contribution in [0.15, 0.2) is 102 Å². The van der Waals surface area contributed by atoms with Crippen LogP contribution in [0.5, 0.6) is 0 Å². The van der Waals surface area contributed by atoms with E-state index in [9.17, 15) is 0 Å². The van der Waals surface area contributed by atoms with Crippen LogP contribution in [0.1, 0.15) is 0 Å². The molecule has 0 bridgehead atoms. The molecule has 6 heteroatoms. The van der Waals surface area contributed by atoms with Crippen molar-refractivity contribution in [2.24, 2.45) is 0 Å². The van der Waals surface area contributed by atoms with Gasteiger partial charge in [0.2, 0.25) is 0 Å². The highest BCUT2D eigenvalue weighted by atomic mass is 79.9. The van der Waals surface area contributed by atoms with Gasteiger partial charge in [-0.15, -0.1) is 0 Å². The van der Waals surface area contributed by atoms with E-state index in [1.807, 2.05) is 42.6 Å². The molecule has 0 fully saturated rings. The first-order chi connectivity index (χ1) is 16.8. The molecule has 0 N–H and O–H groups in total. The van der Waals surface area contributed by atoms with Crippen molar-refractivity contribution in [1.82, 2.24) is 24.5 Å². The van der Waals surface area contributed by atoms with Crippen molar-refractivity contribution >= 4 is 59.7 Å². The quantitative estimate of drug-likeness (QED) is 0.187. The molecular formula is C28H16BrN5. The van der Waals surface area contributed by atoms with Gasteiger partial charge in [0.1, 0.15) is 17.0 Å². The third-order valence-electron chi connectivity index (χ3n) is 6.19. The Kier molecular flexibility index (Phi) is 4.22. The van der Waals surface area contributed by atoms with Gasteiger partial charge in [0.05, 0.1) is 16.7 Å². The fraction of sp³-hybridized carbons (Fsp3) is 0. The fourth-order valence-corrected chi connectivity index (χ4v) is 5.06. The minimum atomic E-state index is 0.539. The van der Waals surface area contributed by atoms with Crippen LogP contribution in [0.3, 0.4) is 0 Å². The van der Waals surface area contributed by atoms with E-state index in [1.165, 1.54) is 0 Å². The minimum absolute atomic E-state index is 0.539. The topological polar surface area (TPSA) is 56.5 Å². The van der Waals surface area contributed by atoms with Gasteiger partial charge in [0, 0.05) is 33.3 Å². The summed E-state index contributed by atoms with van der Waals surface area (Å²) in [7, 11) is 0. The number of rotatable bonds is 2. The summed E-state index contributed by atoms with van der Waals surface area (Å²) in [6.45, 7) is 0. The molecule has 7 rings (SSSR count). The number of aromatic nitrogens is 5. The van der Waals surface area contributed by atoms with E-state index in [0.717, 1.165) is 60.8 Å². The Balaban J connectivity index is 1.57. The van der Waals surface area contributed by atoms with Gasteiger partial charge < -0.3 is 0 Å². The van der Waals surface area contributed by atoms with Gasteiger partial charge in [-0.05, 0) is 52.3 Å². The normalized spacial score (nSPS) is 11.7. The van der Waals surface area contributed by atoms with Crippen molar-refractivity contribution in [3.8, 4) is 17.1 Å². The molecule has 0 radical (unpaired) electrons. The average Bonchev–Trinajstić information content (AvgIpc) is 3.23. The van der Waals surface area contributed by atoms with Gasteiger partial charge in [-0.3, -0.25) is 4.57 Å². The van der Waals surface area contributed by atoms with E-state index < -0.39 is 0 Å². The molecule has 34 heavy (non-hydrogen) atoms. The van der Waals surface area contributed by atoms with E-state index in [-0.39, 0.29) is 0 Å². The molecule has 0 aliphatic carbocycles. The van der Waals surface area contributed by atoms with E-state index >= 15 is 0 Å². The number of pyridine rings is 2. The zero-order chi connectivity index (χ0) is 22.6. The molecule has 0 unspecified atom stereocenters. The molecule has 0 saturated heterocycles. The lowest BCUT2D eigenvalue weighted by molar-refractivity contribution is 1.07. The first kappa shape index (κ1) is 19.3. The third kappa shape index (κ3) is 2.85. The second-order valence-electron chi connectivity index (χ2n) is 8.14. The first-order valence-electron chi connectivity index (χ1n) is 10.9. The van der Waals surface area contributed by atoms with Crippen LogP contribution >= 0.6 is 15.9 Å². The van der Waals surface area contributed by atoms with E-state index in [1.54, 1.807) is 0 Å². The Morgan fingerprint density at radius 2 is 1.41 bits per heavy atom. The zero-order valence-corrected chi connectivity index (χ0v) is 19.4. The van der Waals surface area contributed by atoms with Gasteiger partial charge in [-0.2, -0.15) is 0 Å². The molecule has 3 aromatic carbocycles. The van der Waals surface area contributed by atoms with Crippen LogP contribution in [-0.4, -0.2) is 24.5 Å². The van der Waals surface area contributed by atoms with Crippen molar-refractivity contribution in [2.75, 3.05) is 0 Å². The maximum Gasteiger partial charge on any atom is 0.197 e. The van der Waals surface area contributed by atoms with Crippen molar-refractivity contribution in [3.05, 3.63) is 102 Å². The number of hydrogen-bond donors (Lipinski definition) is 0. The molecule has 0 saturated carbocycles. The molecular weight excluding hydrogens is 486 g/mol. The molecule has 0 atom stereocenters. The number of hydrogen-bond acceptors (Lipinski definition) is 4. The molecule has 0 aliphatic heterocycles. The van der Waals surface area contributed by atoms with Crippen molar-refractivity contribution in [1.29, 1.82) is 0 Å². The van der Waals surface area contributed by atoms with Crippen LogP contribution in [0, 0.1) is 0 Å². The lowest BCUT2D eigenvalue weighted by Gasteiger charge is -2.11. The SMILES string of the molecule is Brc1nc(-c2ccccc2)c2ccc3ccc(-n4c5ccccc5c5cccnc54)nc3c2n1. The molecule has 7 aromatic rings. The molecule has 0 amide bonds. The van der Waals surface area contributed by atoms with Crippen LogP contribution in [0.25, 0.3) is 60.8 Å².